The van der Waals surface area contributed by atoms with Gasteiger partial charge in [-0.25, -0.2) is 4.79 Å². The van der Waals surface area contributed by atoms with Gasteiger partial charge < -0.3 is 9.47 Å². The predicted octanol–water partition coefficient (Wildman–Crippen LogP) is 3.10. The van der Waals surface area contributed by atoms with Crippen LogP contribution in [-0.4, -0.2) is 48.4 Å². The Kier molecular flexibility index (Phi) is 6.10. The Labute approximate surface area is 119 Å². The maximum Gasteiger partial charge on any atom is 0.410 e. The number of hydrogen-bond donors (Lipinski definition) is 0. The van der Waals surface area contributed by atoms with Crippen LogP contribution in [0.3, 0.4) is 0 Å². The van der Waals surface area contributed by atoms with Gasteiger partial charge >= 0.3 is 6.09 Å². The van der Waals surface area contributed by atoms with E-state index in [1.165, 1.54) is 0 Å². The fourth-order valence-corrected chi connectivity index (χ4v) is 2.43. The van der Waals surface area contributed by atoms with Gasteiger partial charge in [-0.15, -0.1) is 0 Å². The number of nitrogens with zero attached hydrogens (tertiary/aromatic N) is 4. The molecule has 0 aromatic rings. The van der Waals surface area contributed by atoms with Crippen LogP contribution in [0.1, 0.15) is 40.5 Å². The Bertz CT molecular complexity index is 366. The smallest absolute Gasteiger partial charge is 0.410 e. The Hall–Kier alpha value is -1.46. The van der Waals surface area contributed by atoms with Gasteiger partial charge in [-0.2, -0.15) is 0 Å². The first-order valence-electron chi connectivity index (χ1n) is 6.98. The predicted molar refractivity (Wildman–Crippen MR) is 75.4 cm³/mol. The number of carbonyl (C=O) groups excluding carboxylic acids is 1. The molecule has 0 radical (unpaired) electrons. The maximum atomic E-state index is 12.1. The zero-order chi connectivity index (χ0) is 15.2. The van der Waals surface area contributed by atoms with Crippen molar-refractivity contribution >= 4 is 6.09 Å². The summed E-state index contributed by atoms with van der Waals surface area (Å²) in [6, 6.07) is -0.00337. The van der Waals surface area contributed by atoms with Crippen LogP contribution in [0.5, 0.6) is 0 Å². The van der Waals surface area contributed by atoms with Crippen LogP contribution < -0.4 is 0 Å². The molecule has 0 aromatic carbocycles. The molecule has 1 heterocycles. The lowest BCUT2D eigenvalue weighted by Crippen LogP contribution is -2.55. The van der Waals surface area contributed by atoms with Crippen molar-refractivity contribution in [3.8, 4) is 0 Å². The van der Waals surface area contributed by atoms with Gasteiger partial charge in [-0.3, -0.25) is 4.90 Å². The summed E-state index contributed by atoms with van der Waals surface area (Å²) >= 11 is 0. The molecule has 114 valence electrons. The summed E-state index contributed by atoms with van der Waals surface area (Å²) in [5, 5.41) is 3.53. The molecule has 1 rings (SSSR count). The molecule has 1 amide bonds. The van der Waals surface area contributed by atoms with E-state index in [9.17, 15) is 4.79 Å². The van der Waals surface area contributed by atoms with Gasteiger partial charge in [-0.05, 0) is 46.1 Å². The first kappa shape index (κ1) is 16.6. The fourth-order valence-electron chi connectivity index (χ4n) is 2.43. The monoisotopic (exact) mass is 284 g/mol. The molecule has 0 spiro atoms. The van der Waals surface area contributed by atoms with E-state index >= 15 is 0 Å². The molecule has 0 saturated carbocycles. The van der Waals surface area contributed by atoms with E-state index in [2.05, 4.69) is 10.0 Å². The molecule has 1 fully saturated rings. The molecule has 1 aliphatic heterocycles. The van der Waals surface area contributed by atoms with Gasteiger partial charge in [0.2, 0.25) is 0 Å². The van der Waals surface area contributed by atoms with Gasteiger partial charge in [0.15, 0.2) is 0 Å². The molecule has 0 aromatic heterocycles. The van der Waals surface area contributed by atoms with Crippen molar-refractivity contribution in [2.75, 3.05) is 19.8 Å². The summed E-state index contributed by atoms with van der Waals surface area (Å²) in [5.41, 5.74) is 7.99. The Morgan fingerprint density at radius 1 is 1.50 bits per heavy atom. The lowest BCUT2D eigenvalue weighted by atomic mass is 9.98. The second kappa shape index (κ2) is 7.36. The SMILES string of the molecule is CCOC(=O)N([C@@H]1CC[C@@H](CN=[N+]=[N-])OC1)C(C)(C)C. The Morgan fingerprint density at radius 3 is 2.65 bits per heavy atom. The van der Waals surface area contributed by atoms with E-state index in [1.807, 2.05) is 20.8 Å². The quantitative estimate of drug-likeness (QED) is 0.451. The van der Waals surface area contributed by atoms with E-state index in [0.717, 1.165) is 12.8 Å². The average molecular weight is 284 g/mol. The molecule has 1 saturated heterocycles. The summed E-state index contributed by atoms with van der Waals surface area (Å²) < 4.78 is 10.8. The lowest BCUT2D eigenvalue weighted by molar-refractivity contribution is -0.0506. The van der Waals surface area contributed by atoms with Crippen molar-refractivity contribution in [1.82, 2.24) is 4.90 Å². The standard InChI is InChI=1S/C13H24N4O3/c1-5-19-12(18)17(13(2,3)4)10-6-7-11(20-9-10)8-15-16-14/h10-11H,5-9H2,1-4H3/t10-,11+/m1/s1. The number of rotatable bonds is 4. The number of ether oxygens (including phenoxy) is 2. The average Bonchev–Trinajstić information content (AvgIpc) is 2.36. The highest BCUT2D eigenvalue weighted by molar-refractivity contribution is 5.69. The number of amides is 1. The molecule has 0 bridgehead atoms. The van der Waals surface area contributed by atoms with Crippen LogP contribution >= 0.6 is 0 Å². The van der Waals surface area contributed by atoms with Gasteiger partial charge in [0.25, 0.3) is 0 Å². The largest absolute Gasteiger partial charge is 0.450 e. The first-order chi connectivity index (χ1) is 9.40. The summed E-state index contributed by atoms with van der Waals surface area (Å²) in [4.78, 5) is 16.6. The van der Waals surface area contributed by atoms with Crippen molar-refractivity contribution < 1.29 is 14.3 Å². The molecule has 20 heavy (non-hydrogen) atoms. The molecular weight excluding hydrogens is 260 g/mol. The molecule has 1 aliphatic rings. The minimum Gasteiger partial charge on any atom is -0.450 e. The molecule has 2 atom stereocenters. The third kappa shape index (κ3) is 4.58. The van der Waals surface area contributed by atoms with E-state index < -0.39 is 0 Å². The van der Waals surface area contributed by atoms with Crippen LogP contribution in [-0.2, 0) is 9.47 Å². The zero-order valence-electron chi connectivity index (χ0n) is 12.7. The third-order valence-electron chi connectivity index (χ3n) is 3.25. The van der Waals surface area contributed by atoms with Crippen LogP contribution in [0.15, 0.2) is 5.11 Å². The zero-order valence-corrected chi connectivity index (χ0v) is 12.7. The van der Waals surface area contributed by atoms with Gasteiger partial charge in [-0.1, -0.05) is 5.11 Å². The topological polar surface area (TPSA) is 87.5 Å². The molecule has 0 unspecified atom stereocenters. The summed E-state index contributed by atoms with van der Waals surface area (Å²) in [5.74, 6) is 0. The van der Waals surface area contributed by atoms with E-state index in [4.69, 9.17) is 15.0 Å². The van der Waals surface area contributed by atoms with E-state index in [-0.39, 0.29) is 23.8 Å². The van der Waals surface area contributed by atoms with Gasteiger partial charge in [0.1, 0.15) is 0 Å². The van der Waals surface area contributed by atoms with Crippen molar-refractivity contribution in [1.29, 1.82) is 0 Å². The third-order valence-corrected chi connectivity index (χ3v) is 3.25. The van der Waals surface area contributed by atoms with Crippen molar-refractivity contribution in [3.05, 3.63) is 10.4 Å². The minimum absolute atomic E-state index is 0.00337. The minimum atomic E-state index is -0.322. The van der Waals surface area contributed by atoms with E-state index in [1.54, 1.807) is 11.8 Å². The summed E-state index contributed by atoms with van der Waals surface area (Å²) in [6.07, 6.45) is 1.24. The van der Waals surface area contributed by atoms with Crippen molar-refractivity contribution in [2.24, 2.45) is 5.11 Å². The second-order valence-electron chi connectivity index (χ2n) is 5.84. The Balaban J connectivity index is 2.66. The summed E-state index contributed by atoms with van der Waals surface area (Å²) in [6.45, 7) is 8.90. The molecular formula is C13H24N4O3. The maximum absolute atomic E-state index is 12.1. The van der Waals surface area contributed by atoms with E-state index in [0.29, 0.717) is 19.8 Å². The number of azide groups is 1. The molecule has 7 heteroatoms. The highest BCUT2D eigenvalue weighted by atomic mass is 16.6. The van der Waals surface area contributed by atoms with Gasteiger partial charge in [0.05, 0.1) is 31.9 Å². The lowest BCUT2D eigenvalue weighted by Gasteiger charge is -2.43. The van der Waals surface area contributed by atoms with Crippen molar-refractivity contribution in [3.63, 3.8) is 0 Å². The van der Waals surface area contributed by atoms with Crippen LogP contribution in [0.4, 0.5) is 4.79 Å². The highest BCUT2D eigenvalue weighted by Crippen LogP contribution is 2.26. The summed E-state index contributed by atoms with van der Waals surface area (Å²) in [7, 11) is 0. The van der Waals surface area contributed by atoms with Gasteiger partial charge in [0, 0.05) is 10.5 Å². The molecule has 0 N–H and O–H groups in total. The van der Waals surface area contributed by atoms with Crippen LogP contribution in [0.25, 0.3) is 10.4 Å². The number of hydrogen-bond acceptors (Lipinski definition) is 4. The molecule has 7 nitrogen and oxygen atoms in total. The Morgan fingerprint density at radius 2 is 2.20 bits per heavy atom. The second-order valence-corrected chi connectivity index (χ2v) is 5.84. The molecule has 0 aliphatic carbocycles. The van der Waals surface area contributed by atoms with Crippen molar-refractivity contribution in [2.45, 2.75) is 58.2 Å². The highest BCUT2D eigenvalue weighted by Gasteiger charge is 2.36. The normalized spacial score (nSPS) is 22.8. The first-order valence-corrected chi connectivity index (χ1v) is 6.98. The van der Waals surface area contributed by atoms with Crippen LogP contribution in [0.2, 0.25) is 0 Å². The number of carbonyl (C=O) groups is 1. The fraction of sp³-hybridized carbons (Fsp3) is 0.923. The van der Waals surface area contributed by atoms with Crippen LogP contribution in [0, 0.1) is 0 Å².